The van der Waals surface area contributed by atoms with Gasteiger partial charge < -0.3 is 0 Å². The Labute approximate surface area is 99.3 Å². The average Bonchev–Trinajstić information content (AvgIpc) is 2.64. The minimum Gasteiger partial charge on any atom is -0.244 e. The second-order valence-corrected chi connectivity index (χ2v) is 5.78. The summed E-state index contributed by atoms with van der Waals surface area (Å²) in [4.78, 5) is 0.322. The maximum atomic E-state index is 12.2. The summed E-state index contributed by atoms with van der Waals surface area (Å²) < 4.78 is 28.8. The summed E-state index contributed by atoms with van der Waals surface area (Å²) in [5.74, 6) is -0.187. The molecule has 17 heavy (non-hydrogen) atoms. The first-order chi connectivity index (χ1) is 8.00. The molecule has 0 fully saturated rings. The maximum Gasteiger partial charge on any atom is 0.184 e. The number of aryl methyl sites for hydroxylation is 2. The number of aromatic nitrogens is 2. The Morgan fingerprint density at radius 1 is 1.18 bits per heavy atom. The molecule has 6 heteroatoms. The first-order valence-corrected chi connectivity index (χ1v) is 6.72. The second-order valence-electron chi connectivity index (χ2n) is 3.82. The summed E-state index contributed by atoms with van der Waals surface area (Å²) in [6, 6.07) is 6.86. The summed E-state index contributed by atoms with van der Waals surface area (Å²) in [5.41, 5.74) is 1.58. The molecule has 2 rings (SSSR count). The molecule has 0 N–H and O–H groups in total. The van der Waals surface area contributed by atoms with Crippen molar-refractivity contribution in [3.05, 3.63) is 41.2 Å². The maximum absolute atomic E-state index is 12.2. The highest BCUT2D eigenvalue weighted by Crippen LogP contribution is 2.19. The van der Waals surface area contributed by atoms with Crippen molar-refractivity contribution in [2.45, 2.75) is 24.5 Å². The first-order valence-electron chi connectivity index (χ1n) is 5.07. The monoisotopic (exact) mass is 252 g/mol. The van der Waals surface area contributed by atoms with Gasteiger partial charge in [0.2, 0.25) is 0 Å². The molecule has 90 valence electrons. The van der Waals surface area contributed by atoms with E-state index in [1.54, 1.807) is 38.1 Å². The zero-order valence-corrected chi connectivity index (χ0v) is 10.4. The molecule has 1 heterocycles. The number of benzene rings is 1. The minimum absolute atomic E-state index is 0.187. The van der Waals surface area contributed by atoms with Gasteiger partial charge in [-0.3, -0.25) is 0 Å². The second kappa shape index (κ2) is 4.29. The van der Waals surface area contributed by atoms with Gasteiger partial charge in [0, 0.05) is 0 Å². The van der Waals surface area contributed by atoms with E-state index >= 15 is 0 Å². The van der Waals surface area contributed by atoms with Gasteiger partial charge in [-0.05, 0) is 25.5 Å². The lowest BCUT2D eigenvalue weighted by Crippen LogP contribution is -2.07. The fourth-order valence-electron chi connectivity index (χ4n) is 1.54. The van der Waals surface area contributed by atoms with Crippen LogP contribution in [-0.2, 0) is 15.6 Å². The lowest BCUT2D eigenvalue weighted by molar-refractivity contribution is 0.302. The van der Waals surface area contributed by atoms with Crippen LogP contribution >= 0.6 is 0 Å². The molecule has 5 nitrogen and oxygen atoms in total. The molecule has 0 saturated heterocycles. The van der Waals surface area contributed by atoms with E-state index in [1.165, 1.54) is 0 Å². The highest BCUT2D eigenvalue weighted by atomic mass is 32.2. The van der Waals surface area contributed by atoms with Crippen molar-refractivity contribution in [2.75, 3.05) is 0 Å². The first kappa shape index (κ1) is 11.8. The molecule has 0 aliphatic rings. The van der Waals surface area contributed by atoms with Crippen molar-refractivity contribution in [1.82, 2.24) is 10.3 Å². The molecular formula is C11H12N2O3S. The van der Waals surface area contributed by atoms with Gasteiger partial charge in [0.25, 0.3) is 0 Å². The van der Waals surface area contributed by atoms with Gasteiger partial charge in [-0.15, -0.1) is 0 Å². The number of hydrogen-bond donors (Lipinski definition) is 0. The van der Waals surface area contributed by atoms with Gasteiger partial charge in [-0.25, -0.2) is 13.0 Å². The van der Waals surface area contributed by atoms with Crippen LogP contribution in [0, 0.1) is 13.8 Å². The molecule has 0 amide bonds. The Morgan fingerprint density at radius 2 is 1.88 bits per heavy atom. The van der Waals surface area contributed by atoms with Gasteiger partial charge in [0.05, 0.1) is 4.90 Å². The lowest BCUT2D eigenvalue weighted by Gasteiger charge is -2.05. The van der Waals surface area contributed by atoms with E-state index in [2.05, 4.69) is 14.9 Å². The van der Waals surface area contributed by atoms with Crippen molar-refractivity contribution in [3.8, 4) is 0 Å². The minimum atomic E-state index is -3.40. The fourth-order valence-corrected chi connectivity index (χ4v) is 3.17. The van der Waals surface area contributed by atoms with Gasteiger partial charge >= 0.3 is 0 Å². The molecule has 0 atom stereocenters. The van der Waals surface area contributed by atoms with Gasteiger partial charge in [-0.1, -0.05) is 28.5 Å². The third kappa shape index (κ3) is 2.36. The summed E-state index contributed by atoms with van der Waals surface area (Å²) in [6.07, 6.45) is 0. The summed E-state index contributed by atoms with van der Waals surface area (Å²) in [5, 5.41) is 7.16. The van der Waals surface area contributed by atoms with Crippen LogP contribution in [0.2, 0.25) is 0 Å². The topological polar surface area (TPSA) is 73.1 Å². The van der Waals surface area contributed by atoms with E-state index in [4.69, 9.17) is 0 Å². The normalized spacial score (nSPS) is 11.6. The van der Waals surface area contributed by atoms with Crippen LogP contribution in [0.1, 0.15) is 17.0 Å². The van der Waals surface area contributed by atoms with E-state index in [9.17, 15) is 8.42 Å². The standard InChI is InChI=1S/C11H12N2O3S/c1-8-5-3-4-6-11(8)17(14,15)7-10-9(2)12-16-13-10/h3-6H,7H2,1-2H3. The van der Waals surface area contributed by atoms with Crippen LogP contribution in [-0.4, -0.2) is 18.7 Å². The van der Waals surface area contributed by atoms with Gasteiger partial charge in [-0.2, -0.15) is 0 Å². The summed E-state index contributed by atoms with van der Waals surface area (Å²) >= 11 is 0. The number of nitrogens with zero attached hydrogens (tertiary/aromatic N) is 2. The molecule has 0 spiro atoms. The largest absolute Gasteiger partial charge is 0.244 e. The highest BCUT2D eigenvalue weighted by molar-refractivity contribution is 7.90. The Bertz CT molecular complexity index is 632. The van der Waals surface area contributed by atoms with E-state index in [1.807, 2.05) is 0 Å². The molecule has 1 aromatic carbocycles. The molecule has 1 aromatic heterocycles. The van der Waals surface area contributed by atoms with E-state index < -0.39 is 9.84 Å². The Morgan fingerprint density at radius 3 is 2.47 bits per heavy atom. The fraction of sp³-hybridized carbons (Fsp3) is 0.273. The molecule has 0 bridgehead atoms. The number of sulfone groups is 1. The van der Waals surface area contributed by atoms with Crippen LogP contribution in [0.5, 0.6) is 0 Å². The summed E-state index contributed by atoms with van der Waals surface area (Å²) in [6.45, 7) is 3.43. The molecular weight excluding hydrogens is 240 g/mol. The number of rotatable bonds is 3. The molecule has 0 radical (unpaired) electrons. The van der Waals surface area contributed by atoms with Gasteiger partial charge in [0.15, 0.2) is 9.84 Å². The predicted molar refractivity (Wildman–Crippen MR) is 61.1 cm³/mol. The van der Waals surface area contributed by atoms with Crippen LogP contribution in [0.4, 0.5) is 0 Å². The van der Waals surface area contributed by atoms with Crippen molar-refractivity contribution >= 4 is 9.84 Å². The van der Waals surface area contributed by atoms with Crippen molar-refractivity contribution in [1.29, 1.82) is 0 Å². The van der Waals surface area contributed by atoms with Crippen LogP contribution in [0.3, 0.4) is 0 Å². The Hall–Kier alpha value is -1.69. The third-order valence-electron chi connectivity index (χ3n) is 2.50. The molecule has 2 aromatic rings. The lowest BCUT2D eigenvalue weighted by atomic mass is 10.2. The average molecular weight is 252 g/mol. The van der Waals surface area contributed by atoms with Crippen molar-refractivity contribution < 1.29 is 13.0 Å². The Balaban J connectivity index is 2.39. The highest BCUT2D eigenvalue weighted by Gasteiger charge is 2.20. The van der Waals surface area contributed by atoms with Crippen molar-refractivity contribution in [3.63, 3.8) is 0 Å². The molecule has 0 saturated carbocycles. The molecule has 0 aliphatic carbocycles. The SMILES string of the molecule is Cc1ccccc1S(=O)(=O)Cc1nonc1C. The van der Waals surface area contributed by atoms with Crippen LogP contribution < -0.4 is 0 Å². The summed E-state index contributed by atoms with van der Waals surface area (Å²) in [7, 11) is -3.40. The third-order valence-corrected chi connectivity index (χ3v) is 4.28. The molecule has 0 unspecified atom stereocenters. The van der Waals surface area contributed by atoms with E-state index in [-0.39, 0.29) is 5.75 Å². The zero-order chi connectivity index (χ0) is 12.5. The predicted octanol–water partition coefficient (Wildman–Crippen LogP) is 1.66. The van der Waals surface area contributed by atoms with E-state index in [0.717, 1.165) is 5.56 Å². The van der Waals surface area contributed by atoms with Crippen LogP contribution in [0.15, 0.2) is 33.8 Å². The Kier molecular flexibility index (Phi) is 2.97. The number of hydrogen-bond acceptors (Lipinski definition) is 5. The molecule has 0 aliphatic heterocycles. The zero-order valence-electron chi connectivity index (χ0n) is 9.54. The van der Waals surface area contributed by atoms with Crippen LogP contribution in [0.25, 0.3) is 0 Å². The van der Waals surface area contributed by atoms with Crippen molar-refractivity contribution in [2.24, 2.45) is 0 Å². The van der Waals surface area contributed by atoms with E-state index in [0.29, 0.717) is 16.3 Å². The quantitative estimate of drug-likeness (QED) is 0.830. The van der Waals surface area contributed by atoms with Gasteiger partial charge in [0.1, 0.15) is 17.1 Å². The smallest absolute Gasteiger partial charge is 0.184 e.